The van der Waals surface area contributed by atoms with Crippen LogP contribution in [0.2, 0.25) is 0 Å². The fourth-order valence-corrected chi connectivity index (χ4v) is 3.47. The number of nitrogens with one attached hydrogen (secondary N) is 2. The molecule has 2 N–H and O–H groups in total. The van der Waals surface area contributed by atoms with E-state index in [-0.39, 0.29) is 17.4 Å². The van der Waals surface area contributed by atoms with Crippen LogP contribution in [0.15, 0.2) is 41.3 Å². The van der Waals surface area contributed by atoms with Crippen molar-refractivity contribution in [3.63, 3.8) is 0 Å². The van der Waals surface area contributed by atoms with E-state index >= 15 is 0 Å². The second-order valence-electron chi connectivity index (χ2n) is 7.61. The van der Waals surface area contributed by atoms with Gasteiger partial charge in [0.1, 0.15) is 17.5 Å². The highest BCUT2D eigenvalue weighted by Gasteiger charge is 2.32. The Morgan fingerprint density at radius 2 is 1.97 bits per heavy atom. The van der Waals surface area contributed by atoms with E-state index in [2.05, 4.69) is 15.3 Å². The zero-order chi connectivity index (χ0) is 22.1. The first kappa shape index (κ1) is 21.0. The largest absolute Gasteiger partial charge is 0.360 e. The number of nitrogens with zero attached hydrogens (tertiary/aromatic N) is 1. The number of hydrogen-bond donors (Lipinski definition) is 2. The van der Waals surface area contributed by atoms with Gasteiger partial charge in [-0.05, 0) is 50.5 Å². The zero-order valence-electron chi connectivity index (χ0n) is 16.6. The molecule has 0 spiro atoms. The van der Waals surface area contributed by atoms with Crippen molar-refractivity contribution in [2.75, 3.05) is 0 Å². The molecule has 6 nitrogen and oxygen atoms in total. The summed E-state index contributed by atoms with van der Waals surface area (Å²) in [5.41, 5.74) is -0.255. The number of pyridine rings is 2. The normalized spacial score (nSPS) is 16.0. The molecule has 1 aliphatic rings. The zero-order valence-corrected chi connectivity index (χ0v) is 16.6. The summed E-state index contributed by atoms with van der Waals surface area (Å²) in [4.78, 5) is 32.1. The van der Waals surface area contributed by atoms with Crippen LogP contribution in [0, 0.1) is 17.5 Å². The number of H-pyrrole nitrogens is 1. The molecule has 0 saturated heterocycles. The van der Waals surface area contributed by atoms with Gasteiger partial charge in [0, 0.05) is 17.0 Å². The maximum Gasteiger partial charge on any atom is 0.254 e. The lowest BCUT2D eigenvalue weighted by Gasteiger charge is -2.30. The molecule has 0 bridgehead atoms. The minimum Gasteiger partial charge on any atom is -0.360 e. The van der Waals surface area contributed by atoms with Crippen molar-refractivity contribution in [1.82, 2.24) is 15.3 Å². The van der Waals surface area contributed by atoms with Gasteiger partial charge < -0.3 is 15.0 Å². The first-order valence-electron chi connectivity index (χ1n) is 9.91. The van der Waals surface area contributed by atoms with Gasteiger partial charge >= 0.3 is 0 Å². The Labute approximate surface area is 175 Å². The molecule has 1 aromatic carbocycles. The first-order chi connectivity index (χ1) is 14.8. The number of hydrogen-bond acceptors (Lipinski definition) is 4. The highest BCUT2D eigenvalue weighted by Crippen LogP contribution is 2.29. The molecular formula is C22H20F3N3O3. The smallest absolute Gasteiger partial charge is 0.254 e. The molecule has 9 heteroatoms. The summed E-state index contributed by atoms with van der Waals surface area (Å²) < 4.78 is 46.7. The Morgan fingerprint density at radius 3 is 2.65 bits per heavy atom. The molecule has 1 saturated carbocycles. The van der Waals surface area contributed by atoms with Crippen LogP contribution in [-0.4, -0.2) is 22.0 Å². The molecular weight excluding hydrogens is 411 g/mol. The number of fused-ring (bicyclic) bond motifs is 1. The number of carbonyl (C=O) groups is 1. The summed E-state index contributed by atoms with van der Waals surface area (Å²) in [6.45, 7) is 1.49. The van der Waals surface area contributed by atoms with Crippen molar-refractivity contribution in [1.29, 1.82) is 0 Å². The maximum atomic E-state index is 14.1. The molecule has 0 aliphatic heterocycles. The molecule has 2 atom stereocenters. The lowest BCUT2D eigenvalue weighted by atomic mass is 9.95. The summed E-state index contributed by atoms with van der Waals surface area (Å²) in [6, 6.07) is 5.09. The van der Waals surface area contributed by atoms with Crippen LogP contribution in [0.3, 0.4) is 0 Å². The molecule has 1 aliphatic carbocycles. The Kier molecular flexibility index (Phi) is 5.77. The lowest BCUT2D eigenvalue weighted by Crippen LogP contribution is -2.38. The van der Waals surface area contributed by atoms with Gasteiger partial charge in [-0.2, -0.15) is 0 Å². The summed E-state index contributed by atoms with van der Waals surface area (Å²) in [5.74, 6) is -2.90. The highest BCUT2D eigenvalue weighted by molar-refractivity contribution is 5.85. The molecule has 4 rings (SSSR count). The van der Waals surface area contributed by atoms with Crippen LogP contribution in [0.25, 0.3) is 10.9 Å². The van der Waals surface area contributed by atoms with Crippen LogP contribution in [0.1, 0.15) is 49.6 Å². The number of benzene rings is 1. The molecule has 31 heavy (non-hydrogen) atoms. The van der Waals surface area contributed by atoms with Gasteiger partial charge in [0.25, 0.3) is 11.5 Å². The molecule has 0 radical (unpaired) electrons. The molecule has 162 valence electrons. The van der Waals surface area contributed by atoms with Crippen molar-refractivity contribution >= 4 is 16.8 Å². The molecule has 2 heterocycles. The second kappa shape index (κ2) is 8.50. The van der Waals surface area contributed by atoms with Crippen molar-refractivity contribution in [3.05, 3.63) is 75.6 Å². The predicted molar refractivity (Wildman–Crippen MR) is 107 cm³/mol. The van der Waals surface area contributed by atoms with E-state index < -0.39 is 41.1 Å². The van der Waals surface area contributed by atoms with Gasteiger partial charge in [-0.3, -0.25) is 14.6 Å². The van der Waals surface area contributed by atoms with Crippen molar-refractivity contribution in [2.45, 2.75) is 44.4 Å². The van der Waals surface area contributed by atoms with E-state index in [0.717, 1.165) is 25.5 Å². The summed E-state index contributed by atoms with van der Waals surface area (Å²) >= 11 is 0. The number of amides is 1. The molecule has 1 amide bonds. The van der Waals surface area contributed by atoms with Gasteiger partial charge in [0.2, 0.25) is 0 Å². The van der Waals surface area contributed by atoms with Crippen LogP contribution in [0.5, 0.6) is 0 Å². The third-order valence-corrected chi connectivity index (χ3v) is 5.34. The molecule has 1 fully saturated rings. The van der Waals surface area contributed by atoms with Crippen LogP contribution in [-0.2, 0) is 9.53 Å². The molecule has 3 aromatic rings. The van der Waals surface area contributed by atoms with E-state index in [1.807, 2.05) is 0 Å². The van der Waals surface area contributed by atoms with E-state index in [4.69, 9.17) is 4.74 Å². The van der Waals surface area contributed by atoms with E-state index in [1.165, 1.54) is 31.2 Å². The Hall–Kier alpha value is -3.20. The third-order valence-electron chi connectivity index (χ3n) is 5.34. The number of aromatic amines is 1. The number of rotatable bonds is 6. The third kappa shape index (κ3) is 4.46. The maximum absolute atomic E-state index is 14.1. The minimum absolute atomic E-state index is 0.0160. The van der Waals surface area contributed by atoms with Crippen LogP contribution >= 0.6 is 0 Å². The average molecular weight is 431 g/mol. The summed E-state index contributed by atoms with van der Waals surface area (Å²) in [6.07, 6.45) is 1.80. The monoisotopic (exact) mass is 431 g/mol. The molecule has 2 aromatic heterocycles. The topological polar surface area (TPSA) is 84.1 Å². The number of carbonyl (C=O) groups excluding carboxylic acids is 1. The Morgan fingerprint density at radius 1 is 1.19 bits per heavy atom. The number of halogens is 3. The van der Waals surface area contributed by atoms with Crippen LogP contribution in [0.4, 0.5) is 13.2 Å². The van der Waals surface area contributed by atoms with Gasteiger partial charge in [0.15, 0.2) is 6.10 Å². The van der Waals surface area contributed by atoms with E-state index in [1.54, 1.807) is 0 Å². The Balaban J connectivity index is 1.66. The van der Waals surface area contributed by atoms with Gasteiger partial charge in [-0.25, -0.2) is 13.2 Å². The SMILES string of the molecule is C[C@@H](NC(=O)[C@@H](OC1CCC1)c1cc2cc(F)ccc2[nH]c1=O)c1ncc(F)cc1F. The van der Waals surface area contributed by atoms with Gasteiger partial charge in [0.05, 0.1) is 29.6 Å². The quantitative estimate of drug-likeness (QED) is 0.621. The number of aromatic nitrogens is 2. The van der Waals surface area contributed by atoms with E-state index in [9.17, 15) is 22.8 Å². The van der Waals surface area contributed by atoms with Crippen molar-refractivity contribution in [2.24, 2.45) is 0 Å². The van der Waals surface area contributed by atoms with Gasteiger partial charge in [-0.1, -0.05) is 0 Å². The fourth-order valence-electron chi connectivity index (χ4n) is 3.47. The minimum atomic E-state index is -1.28. The fraction of sp³-hybridized carbons (Fsp3) is 0.318. The van der Waals surface area contributed by atoms with Crippen molar-refractivity contribution < 1.29 is 22.7 Å². The Bertz CT molecular complexity index is 1190. The second-order valence-corrected chi connectivity index (χ2v) is 7.61. The average Bonchev–Trinajstić information content (AvgIpc) is 2.67. The number of ether oxygens (including phenoxy) is 1. The summed E-state index contributed by atoms with van der Waals surface area (Å²) in [7, 11) is 0. The summed E-state index contributed by atoms with van der Waals surface area (Å²) in [5, 5.41) is 2.99. The highest BCUT2D eigenvalue weighted by atomic mass is 19.1. The lowest BCUT2D eigenvalue weighted by molar-refractivity contribution is -0.142. The van der Waals surface area contributed by atoms with Gasteiger partial charge in [-0.15, -0.1) is 0 Å². The predicted octanol–water partition coefficient (Wildman–Crippen LogP) is 3.83. The van der Waals surface area contributed by atoms with Crippen molar-refractivity contribution in [3.8, 4) is 0 Å². The van der Waals surface area contributed by atoms with E-state index in [0.29, 0.717) is 17.0 Å². The molecule has 0 unspecified atom stereocenters. The van der Waals surface area contributed by atoms with Crippen LogP contribution < -0.4 is 10.9 Å². The first-order valence-corrected chi connectivity index (χ1v) is 9.91. The standard InChI is InChI=1S/C22H20F3N3O3/c1-11(19-17(25)9-14(24)10-26-19)27-22(30)20(31-15-3-2-4-15)16-8-12-7-13(23)5-6-18(12)28-21(16)29/h5-11,15,20H,2-4H2,1H3,(H,27,30)(H,28,29)/t11-,20+/m1/s1.